The number of hydrogen-bond donors (Lipinski definition) is 0. The van der Waals surface area contributed by atoms with Crippen LogP contribution >= 0.6 is 0 Å². The molecule has 1 aromatic rings. The van der Waals surface area contributed by atoms with Crippen molar-refractivity contribution in [3.05, 3.63) is 24.0 Å². The summed E-state index contributed by atoms with van der Waals surface area (Å²) in [6, 6.07) is 3.97. The summed E-state index contributed by atoms with van der Waals surface area (Å²) in [6.07, 6.45) is 1.77. The van der Waals surface area contributed by atoms with Gasteiger partial charge in [0.2, 0.25) is 0 Å². The quantitative estimate of drug-likeness (QED) is 0.719. The first-order valence-electron chi connectivity index (χ1n) is 5.71. The van der Waals surface area contributed by atoms with Gasteiger partial charge in [-0.2, -0.15) is 0 Å². The van der Waals surface area contributed by atoms with Gasteiger partial charge < -0.3 is 9.47 Å². The average Bonchev–Trinajstić information content (AvgIpc) is 2.24. The van der Waals surface area contributed by atoms with Gasteiger partial charge in [0.15, 0.2) is 0 Å². The van der Waals surface area contributed by atoms with Crippen molar-refractivity contribution >= 4 is 0 Å². The molecule has 1 heterocycles. The van der Waals surface area contributed by atoms with E-state index in [-0.39, 0.29) is 5.41 Å². The maximum atomic E-state index is 5.49. The third-order valence-electron chi connectivity index (χ3n) is 2.21. The molecule has 0 aliphatic carbocycles. The first kappa shape index (κ1) is 13.0. The highest BCUT2D eigenvalue weighted by molar-refractivity contribution is 5.23. The van der Waals surface area contributed by atoms with Crippen LogP contribution in [-0.4, -0.2) is 24.8 Å². The van der Waals surface area contributed by atoms with Gasteiger partial charge in [-0.1, -0.05) is 20.8 Å². The Labute approximate surface area is 97.8 Å². The van der Waals surface area contributed by atoms with Crippen molar-refractivity contribution in [3.63, 3.8) is 0 Å². The molecule has 0 amide bonds. The fourth-order valence-electron chi connectivity index (χ4n) is 1.27. The van der Waals surface area contributed by atoms with Gasteiger partial charge in [0, 0.05) is 17.7 Å². The highest BCUT2D eigenvalue weighted by Crippen LogP contribution is 2.21. The third-order valence-corrected chi connectivity index (χ3v) is 2.21. The van der Waals surface area contributed by atoms with Gasteiger partial charge >= 0.3 is 0 Å². The third kappa shape index (κ3) is 4.19. The summed E-state index contributed by atoms with van der Waals surface area (Å²) in [5.41, 5.74) is 1.16. The van der Waals surface area contributed by atoms with E-state index in [1.807, 2.05) is 19.1 Å². The summed E-state index contributed by atoms with van der Waals surface area (Å²) >= 11 is 0. The number of hydrogen-bond acceptors (Lipinski definition) is 3. The molecule has 0 fully saturated rings. The fraction of sp³-hybridized carbons (Fsp3) is 0.615. The lowest BCUT2D eigenvalue weighted by atomic mass is 9.92. The molecule has 0 aliphatic rings. The summed E-state index contributed by atoms with van der Waals surface area (Å²) in [4.78, 5) is 4.38. The molecular formula is C13H21NO2. The Hall–Kier alpha value is -1.09. The molecule has 0 aromatic carbocycles. The van der Waals surface area contributed by atoms with Gasteiger partial charge in [0.05, 0.1) is 12.8 Å². The van der Waals surface area contributed by atoms with Crippen LogP contribution in [0.15, 0.2) is 18.3 Å². The molecule has 0 atom stereocenters. The molecule has 0 radical (unpaired) electrons. The molecule has 16 heavy (non-hydrogen) atoms. The largest absolute Gasteiger partial charge is 0.490 e. The molecule has 3 heteroatoms. The monoisotopic (exact) mass is 223 g/mol. The standard InChI is InChI=1S/C13H21NO2/c1-5-15-8-9-16-11-6-7-12(14-10-11)13(2,3)4/h6-7,10H,5,8-9H2,1-4H3. The normalized spacial score (nSPS) is 11.5. The average molecular weight is 223 g/mol. The van der Waals surface area contributed by atoms with E-state index in [1.54, 1.807) is 6.20 Å². The van der Waals surface area contributed by atoms with Crippen LogP contribution in [-0.2, 0) is 10.2 Å². The van der Waals surface area contributed by atoms with Gasteiger partial charge in [-0.25, -0.2) is 0 Å². The fourth-order valence-corrected chi connectivity index (χ4v) is 1.27. The van der Waals surface area contributed by atoms with E-state index >= 15 is 0 Å². The number of nitrogens with zero attached hydrogens (tertiary/aromatic N) is 1. The minimum Gasteiger partial charge on any atom is -0.490 e. The van der Waals surface area contributed by atoms with Crippen molar-refractivity contribution in [2.45, 2.75) is 33.1 Å². The van der Waals surface area contributed by atoms with E-state index in [2.05, 4.69) is 25.8 Å². The minimum atomic E-state index is 0.0872. The van der Waals surface area contributed by atoms with E-state index in [0.717, 1.165) is 18.1 Å². The number of aromatic nitrogens is 1. The van der Waals surface area contributed by atoms with Crippen LogP contribution in [0.2, 0.25) is 0 Å². The highest BCUT2D eigenvalue weighted by Gasteiger charge is 2.14. The van der Waals surface area contributed by atoms with Crippen LogP contribution in [0, 0.1) is 0 Å². The van der Waals surface area contributed by atoms with Gasteiger partial charge in [-0.15, -0.1) is 0 Å². The predicted octanol–water partition coefficient (Wildman–Crippen LogP) is 2.79. The lowest BCUT2D eigenvalue weighted by Gasteiger charge is -2.17. The SMILES string of the molecule is CCOCCOc1ccc(C(C)(C)C)nc1. The molecule has 0 N–H and O–H groups in total. The van der Waals surface area contributed by atoms with Crippen LogP contribution in [0.4, 0.5) is 0 Å². The van der Waals surface area contributed by atoms with Crippen LogP contribution in [0.5, 0.6) is 5.75 Å². The zero-order valence-corrected chi connectivity index (χ0v) is 10.6. The summed E-state index contributed by atoms with van der Waals surface area (Å²) in [7, 11) is 0. The van der Waals surface area contributed by atoms with E-state index in [1.165, 1.54) is 0 Å². The van der Waals surface area contributed by atoms with Gasteiger partial charge in [-0.05, 0) is 19.1 Å². The Morgan fingerprint density at radius 3 is 2.44 bits per heavy atom. The maximum absolute atomic E-state index is 5.49. The molecular weight excluding hydrogens is 202 g/mol. The van der Waals surface area contributed by atoms with Crippen molar-refractivity contribution in [3.8, 4) is 5.75 Å². The zero-order chi connectivity index (χ0) is 12.0. The van der Waals surface area contributed by atoms with Crippen LogP contribution in [0.25, 0.3) is 0 Å². The van der Waals surface area contributed by atoms with E-state index in [9.17, 15) is 0 Å². The van der Waals surface area contributed by atoms with Crippen LogP contribution in [0.1, 0.15) is 33.4 Å². The summed E-state index contributed by atoms with van der Waals surface area (Å²) in [5, 5.41) is 0. The Kier molecular flexibility index (Phi) is 4.74. The first-order chi connectivity index (χ1) is 7.54. The van der Waals surface area contributed by atoms with Crippen molar-refractivity contribution in [1.82, 2.24) is 4.98 Å². The summed E-state index contributed by atoms with van der Waals surface area (Å²) in [6.45, 7) is 10.3. The number of ether oxygens (including phenoxy) is 2. The Morgan fingerprint density at radius 1 is 1.19 bits per heavy atom. The Balaban J connectivity index is 2.46. The topological polar surface area (TPSA) is 31.4 Å². The second kappa shape index (κ2) is 5.85. The van der Waals surface area contributed by atoms with E-state index in [0.29, 0.717) is 13.2 Å². The van der Waals surface area contributed by atoms with Gasteiger partial charge in [0.25, 0.3) is 0 Å². The van der Waals surface area contributed by atoms with Crippen molar-refractivity contribution < 1.29 is 9.47 Å². The van der Waals surface area contributed by atoms with Gasteiger partial charge in [-0.3, -0.25) is 4.98 Å². The van der Waals surface area contributed by atoms with Crippen LogP contribution < -0.4 is 4.74 Å². The molecule has 0 saturated heterocycles. The van der Waals surface area contributed by atoms with Crippen molar-refractivity contribution in [1.29, 1.82) is 0 Å². The number of pyridine rings is 1. The lowest BCUT2D eigenvalue weighted by Crippen LogP contribution is -2.13. The van der Waals surface area contributed by atoms with E-state index < -0.39 is 0 Å². The zero-order valence-electron chi connectivity index (χ0n) is 10.6. The second-order valence-electron chi connectivity index (χ2n) is 4.67. The summed E-state index contributed by atoms with van der Waals surface area (Å²) in [5.74, 6) is 0.799. The molecule has 3 nitrogen and oxygen atoms in total. The lowest BCUT2D eigenvalue weighted by molar-refractivity contribution is 0.110. The second-order valence-corrected chi connectivity index (χ2v) is 4.67. The molecule has 1 rings (SSSR count). The molecule has 90 valence electrons. The van der Waals surface area contributed by atoms with Gasteiger partial charge in [0.1, 0.15) is 12.4 Å². The smallest absolute Gasteiger partial charge is 0.137 e. The van der Waals surface area contributed by atoms with Crippen LogP contribution in [0.3, 0.4) is 0 Å². The Morgan fingerprint density at radius 2 is 1.94 bits per heavy atom. The molecule has 0 spiro atoms. The predicted molar refractivity (Wildman–Crippen MR) is 64.9 cm³/mol. The minimum absolute atomic E-state index is 0.0872. The molecule has 1 aromatic heterocycles. The molecule has 0 bridgehead atoms. The first-order valence-corrected chi connectivity index (χ1v) is 5.71. The van der Waals surface area contributed by atoms with E-state index in [4.69, 9.17) is 9.47 Å². The highest BCUT2D eigenvalue weighted by atomic mass is 16.5. The summed E-state index contributed by atoms with van der Waals surface area (Å²) < 4.78 is 10.7. The molecule has 0 unspecified atom stereocenters. The maximum Gasteiger partial charge on any atom is 0.137 e. The molecule has 0 aliphatic heterocycles. The molecule has 0 saturated carbocycles. The number of rotatable bonds is 5. The van der Waals surface area contributed by atoms with Crippen molar-refractivity contribution in [2.75, 3.05) is 19.8 Å². The Bertz CT molecular complexity index is 301. The van der Waals surface area contributed by atoms with Crippen molar-refractivity contribution in [2.24, 2.45) is 0 Å².